The van der Waals surface area contributed by atoms with E-state index in [1.807, 2.05) is 0 Å². The summed E-state index contributed by atoms with van der Waals surface area (Å²) in [4.78, 5) is 48.6. The number of hydrogen-bond donors (Lipinski definition) is 1. The zero-order chi connectivity index (χ0) is 18.8. The average molecular weight is 351 g/mol. The van der Waals surface area contributed by atoms with E-state index in [1.54, 1.807) is 37.3 Å². The Kier molecular flexibility index (Phi) is 4.67. The third kappa shape index (κ3) is 3.13. The molecule has 0 saturated carbocycles. The van der Waals surface area contributed by atoms with Crippen LogP contribution in [0.4, 0.5) is 5.69 Å². The third-order valence-electron chi connectivity index (χ3n) is 4.16. The van der Waals surface area contributed by atoms with Gasteiger partial charge in [-0.1, -0.05) is 31.2 Å². The minimum Gasteiger partial charge on any atom is -0.453 e. The Balaban J connectivity index is 1.85. The Labute approximate surface area is 150 Å². The summed E-state index contributed by atoms with van der Waals surface area (Å²) in [6.07, 6.45) is -0.788. The summed E-state index contributed by atoms with van der Waals surface area (Å²) in [6, 6.07) is 11.2. The van der Waals surface area contributed by atoms with Crippen molar-refractivity contribution in [1.29, 1.82) is 0 Å². The van der Waals surface area contributed by atoms with Crippen LogP contribution < -0.4 is 5.32 Å². The van der Waals surface area contributed by atoms with E-state index in [0.717, 1.165) is 0 Å². The lowest BCUT2D eigenvalue weighted by Crippen LogP contribution is -2.30. The Morgan fingerprint density at radius 3 is 2.15 bits per heavy atom. The molecule has 1 amide bonds. The number of benzene rings is 2. The number of ether oxygens (including phenoxy) is 1. The van der Waals surface area contributed by atoms with Crippen LogP contribution in [0.5, 0.6) is 0 Å². The third-order valence-corrected chi connectivity index (χ3v) is 4.16. The summed E-state index contributed by atoms with van der Waals surface area (Å²) >= 11 is 0. The molecule has 0 aliphatic heterocycles. The molecule has 1 N–H and O–H groups in total. The van der Waals surface area contributed by atoms with Gasteiger partial charge in [0.05, 0.1) is 0 Å². The van der Waals surface area contributed by atoms with E-state index in [0.29, 0.717) is 22.4 Å². The van der Waals surface area contributed by atoms with Crippen molar-refractivity contribution < 1.29 is 23.9 Å². The fourth-order valence-electron chi connectivity index (χ4n) is 2.76. The van der Waals surface area contributed by atoms with Gasteiger partial charge in [-0.15, -0.1) is 0 Å². The van der Waals surface area contributed by atoms with Gasteiger partial charge in [0.25, 0.3) is 5.91 Å². The lowest BCUT2D eigenvalue weighted by atomic mass is 9.84. The van der Waals surface area contributed by atoms with Crippen LogP contribution in [0.2, 0.25) is 0 Å². The van der Waals surface area contributed by atoms with Crippen molar-refractivity contribution in [2.75, 3.05) is 5.32 Å². The second-order valence-corrected chi connectivity index (χ2v) is 5.94. The molecular weight excluding hydrogens is 334 g/mol. The largest absolute Gasteiger partial charge is 0.453 e. The molecule has 0 radical (unpaired) electrons. The molecule has 3 rings (SSSR count). The number of carbonyl (C=O) groups is 4. The van der Waals surface area contributed by atoms with Gasteiger partial charge >= 0.3 is 5.97 Å². The van der Waals surface area contributed by atoms with Crippen LogP contribution in [0.25, 0.3) is 0 Å². The van der Waals surface area contributed by atoms with E-state index in [4.69, 9.17) is 4.74 Å². The van der Waals surface area contributed by atoms with Crippen molar-refractivity contribution >= 4 is 29.1 Å². The number of carbonyl (C=O) groups excluding carboxylic acids is 4. The molecule has 1 aliphatic carbocycles. The van der Waals surface area contributed by atoms with E-state index < -0.39 is 18.0 Å². The van der Waals surface area contributed by atoms with Gasteiger partial charge in [0.1, 0.15) is 0 Å². The Bertz CT molecular complexity index is 932. The predicted octanol–water partition coefficient (Wildman–Crippen LogP) is 2.74. The van der Waals surface area contributed by atoms with Gasteiger partial charge in [0.2, 0.25) is 0 Å². The van der Waals surface area contributed by atoms with Gasteiger partial charge < -0.3 is 10.1 Å². The van der Waals surface area contributed by atoms with Gasteiger partial charge in [0, 0.05) is 34.4 Å². The summed E-state index contributed by atoms with van der Waals surface area (Å²) in [7, 11) is 0. The van der Waals surface area contributed by atoms with Crippen LogP contribution in [-0.2, 0) is 14.3 Å². The molecule has 1 aliphatic rings. The van der Waals surface area contributed by atoms with Crippen LogP contribution in [0, 0.1) is 0 Å². The summed E-state index contributed by atoms with van der Waals surface area (Å²) in [5.41, 5.74) is 1.62. The summed E-state index contributed by atoms with van der Waals surface area (Å²) in [5.74, 6) is -1.48. The second kappa shape index (κ2) is 6.92. The molecule has 26 heavy (non-hydrogen) atoms. The number of fused-ring (bicyclic) bond motifs is 2. The normalized spacial score (nSPS) is 13.5. The summed E-state index contributed by atoms with van der Waals surface area (Å²) in [6.45, 7) is 3.10. The lowest BCUT2D eigenvalue weighted by Gasteiger charge is -2.19. The molecule has 0 heterocycles. The fraction of sp³-hybridized carbons (Fsp3) is 0.200. The lowest BCUT2D eigenvalue weighted by molar-refractivity contribution is -0.152. The zero-order valence-corrected chi connectivity index (χ0v) is 14.4. The van der Waals surface area contributed by atoms with Crippen molar-refractivity contribution in [3.63, 3.8) is 0 Å². The van der Waals surface area contributed by atoms with Crippen LogP contribution in [0.1, 0.15) is 52.1 Å². The Hall–Kier alpha value is -3.28. The molecular formula is C20H17NO5. The van der Waals surface area contributed by atoms with E-state index in [1.165, 1.54) is 19.1 Å². The first kappa shape index (κ1) is 17.5. The highest BCUT2D eigenvalue weighted by Gasteiger charge is 2.29. The highest BCUT2D eigenvalue weighted by atomic mass is 16.5. The Morgan fingerprint density at radius 1 is 0.962 bits per heavy atom. The first-order valence-electron chi connectivity index (χ1n) is 8.25. The monoisotopic (exact) mass is 351 g/mol. The topological polar surface area (TPSA) is 89.5 Å². The molecule has 2 aromatic rings. The molecule has 0 unspecified atom stereocenters. The highest BCUT2D eigenvalue weighted by molar-refractivity contribution is 6.28. The van der Waals surface area contributed by atoms with E-state index in [2.05, 4.69) is 5.32 Å². The van der Waals surface area contributed by atoms with Gasteiger partial charge in [-0.2, -0.15) is 0 Å². The number of nitrogens with one attached hydrogen (secondary N) is 1. The molecule has 6 nitrogen and oxygen atoms in total. The predicted molar refractivity (Wildman–Crippen MR) is 94.2 cm³/mol. The minimum atomic E-state index is -0.962. The number of rotatable bonds is 4. The van der Waals surface area contributed by atoms with Crippen molar-refractivity contribution in [3.05, 3.63) is 64.7 Å². The van der Waals surface area contributed by atoms with Crippen LogP contribution in [0.15, 0.2) is 42.5 Å². The zero-order valence-electron chi connectivity index (χ0n) is 14.4. The van der Waals surface area contributed by atoms with Gasteiger partial charge in [-0.05, 0) is 25.1 Å². The van der Waals surface area contributed by atoms with Crippen molar-refractivity contribution in [3.8, 4) is 0 Å². The molecule has 0 fully saturated rings. The standard InChI is InChI=1S/C20H17NO5/c1-3-17(22)26-11(2)20(25)21-12-8-9-15-16(10-12)19(24)14-7-5-4-6-13(14)18(15)23/h4-11H,3H2,1-2H3,(H,21,25)/t11-/m1/s1. The SMILES string of the molecule is CCC(=O)O[C@H](C)C(=O)Nc1ccc2c(c1)C(=O)c1ccccc1C2=O. The first-order valence-corrected chi connectivity index (χ1v) is 8.25. The van der Waals surface area contributed by atoms with Crippen molar-refractivity contribution in [2.45, 2.75) is 26.4 Å². The summed E-state index contributed by atoms with van der Waals surface area (Å²) in [5, 5.41) is 2.60. The smallest absolute Gasteiger partial charge is 0.306 e. The molecule has 0 saturated heterocycles. The first-order chi connectivity index (χ1) is 12.4. The van der Waals surface area contributed by atoms with Crippen molar-refractivity contribution in [2.24, 2.45) is 0 Å². The second-order valence-electron chi connectivity index (χ2n) is 5.94. The summed E-state index contributed by atoms with van der Waals surface area (Å²) < 4.78 is 4.96. The molecule has 1 atom stereocenters. The minimum absolute atomic E-state index is 0.173. The maximum Gasteiger partial charge on any atom is 0.306 e. The molecule has 0 bridgehead atoms. The van der Waals surface area contributed by atoms with Crippen LogP contribution in [0.3, 0.4) is 0 Å². The van der Waals surface area contributed by atoms with Gasteiger partial charge in [-0.25, -0.2) is 0 Å². The average Bonchev–Trinajstić information content (AvgIpc) is 2.65. The van der Waals surface area contributed by atoms with Gasteiger partial charge in [0.15, 0.2) is 17.7 Å². The number of anilines is 1. The maximum absolute atomic E-state index is 12.7. The quantitative estimate of drug-likeness (QED) is 0.730. The van der Waals surface area contributed by atoms with Gasteiger partial charge in [-0.3, -0.25) is 19.2 Å². The maximum atomic E-state index is 12.7. The van der Waals surface area contributed by atoms with E-state index >= 15 is 0 Å². The molecule has 2 aromatic carbocycles. The van der Waals surface area contributed by atoms with Crippen molar-refractivity contribution in [1.82, 2.24) is 0 Å². The highest BCUT2D eigenvalue weighted by Crippen LogP contribution is 2.29. The number of amides is 1. The Morgan fingerprint density at radius 2 is 1.54 bits per heavy atom. The molecule has 132 valence electrons. The number of esters is 1. The fourth-order valence-corrected chi connectivity index (χ4v) is 2.76. The molecule has 0 aromatic heterocycles. The van der Waals surface area contributed by atoms with Crippen LogP contribution in [-0.4, -0.2) is 29.5 Å². The number of ketones is 2. The van der Waals surface area contributed by atoms with Crippen LogP contribution >= 0.6 is 0 Å². The van der Waals surface area contributed by atoms with E-state index in [9.17, 15) is 19.2 Å². The van der Waals surface area contributed by atoms with E-state index in [-0.39, 0.29) is 23.6 Å². The molecule has 6 heteroatoms. The molecule has 0 spiro atoms. The number of hydrogen-bond acceptors (Lipinski definition) is 5.